The molecule has 0 saturated carbocycles. The zero-order chi connectivity index (χ0) is 24.2. The smallest absolute Gasteiger partial charge is 0.407 e. The van der Waals surface area contributed by atoms with Crippen LogP contribution in [0.3, 0.4) is 0 Å². The van der Waals surface area contributed by atoms with Crippen LogP contribution in [0.25, 0.3) is 10.9 Å². The molecule has 1 aliphatic rings. The number of fused-ring (bicyclic) bond motifs is 1. The standard InChI is InChI=1S/C25H25N3O6/c1-15-12-17(19-4-2-3-5-21(19)26-15)14-34-18-8-6-16(7-9-18)23(29)27-22-13-28(25(32)33)11-10-20(22)24(30)31/h2-9,12,20,22H,10-11,13-14H2,1H3,(H,27,29)(H,30,31)(H,32,33)/t20-,22+/m0/s1. The number of hydrogen-bond acceptors (Lipinski definition) is 5. The molecule has 176 valence electrons. The van der Waals surface area contributed by atoms with E-state index in [-0.39, 0.29) is 19.5 Å². The van der Waals surface area contributed by atoms with Crippen molar-refractivity contribution < 1.29 is 29.3 Å². The maximum atomic E-state index is 12.7. The van der Waals surface area contributed by atoms with E-state index in [0.29, 0.717) is 17.9 Å². The first-order chi connectivity index (χ1) is 16.3. The Morgan fingerprint density at radius 1 is 1.12 bits per heavy atom. The first kappa shape index (κ1) is 23.0. The molecule has 1 fully saturated rings. The van der Waals surface area contributed by atoms with Crippen molar-refractivity contribution in [2.45, 2.75) is 26.0 Å². The van der Waals surface area contributed by atoms with Gasteiger partial charge in [0.1, 0.15) is 12.4 Å². The predicted molar refractivity (Wildman–Crippen MR) is 124 cm³/mol. The number of rotatable bonds is 6. The molecule has 1 saturated heterocycles. The molecule has 2 aromatic carbocycles. The average molecular weight is 463 g/mol. The minimum Gasteiger partial charge on any atom is -0.489 e. The number of piperidine rings is 1. The molecule has 2 atom stereocenters. The highest BCUT2D eigenvalue weighted by atomic mass is 16.5. The number of nitrogens with one attached hydrogen (secondary N) is 1. The summed E-state index contributed by atoms with van der Waals surface area (Å²) in [6.07, 6.45) is -0.996. The van der Waals surface area contributed by atoms with E-state index in [1.165, 1.54) is 0 Å². The largest absolute Gasteiger partial charge is 0.489 e. The van der Waals surface area contributed by atoms with Crippen LogP contribution in [0.1, 0.15) is 28.0 Å². The van der Waals surface area contributed by atoms with E-state index in [9.17, 15) is 24.6 Å². The molecule has 1 aliphatic heterocycles. The van der Waals surface area contributed by atoms with Crippen molar-refractivity contribution in [3.63, 3.8) is 0 Å². The van der Waals surface area contributed by atoms with Gasteiger partial charge in [-0.25, -0.2) is 4.79 Å². The SMILES string of the molecule is Cc1cc(COc2ccc(C(=O)N[C@@H]3CN(C(=O)O)CC[C@@H]3C(=O)O)cc2)c2ccccc2n1. The summed E-state index contributed by atoms with van der Waals surface area (Å²) in [6, 6.07) is 15.5. The van der Waals surface area contributed by atoms with Gasteiger partial charge in [-0.1, -0.05) is 18.2 Å². The molecule has 2 heterocycles. The van der Waals surface area contributed by atoms with Gasteiger partial charge in [-0.2, -0.15) is 0 Å². The van der Waals surface area contributed by atoms with E-state index in [1.54, 1.807) is 24.3 Å². The number of aryl methyl sites for hydroxylation is 1. The molecule has 3 N–H and O–H groups in total. The summed E-state index contributed by atoms with van der Waals surface area (Å²) in [5, 5.41) is 22.4. The van der Waals surface area contributed by atoms with Crippen LogP contribution in [0, 0.1) is 12.8 Å². The number of nitrogens with zero attached hydrogens (tertiary/aromatic N) is 2. The lowest BCUT2D eigenvalue weighted by Crippen LogP contribution is -2.55. The Labute approximate surface area is 196 Å². The van der Waals surface area contributed by atoms with E-state index in [4.69, 9.17) is 4.74 Å². The molecule has 9 nitrogen and oxygen atoms in total. The number of amides is 2. The van der Waals surface area contributed by atoms with E-state index >= 15 is 0 Å². The molecule has 34 heavy (non-hydrogen) atoms. The fourth-order valence-corrected chi connectivity index (χ4v) is 4.20. The Morgan fingerprint density at radius 2 is 1.85 bits per heavy atom. The number of pyridine rings is 1. The van der Waals surface area contributed by atoms with Crippen molar-refractivity contribution in [1.29, 1.82) is 0 Å². The average Bonchev–Trinajstić information content (AvgIpc) is 2.82. The Hall–Kier alpha value is -4.14. The van der Waals surface area contributed by atoms with Gasteiger partial charge < -0.3 is 25.2 Å². The monoisotopic (exact) mass is 463 g/mol. The lowest BCUT2D eigenvalue weighted by molar-refractivity contribution is -0.144. The Balaban J connectivity index is 1.42. The minimum atomic E-state index is -1.14. The molecule has 0 aliphatic carbocycles. The first-order valence-electron chi connectivity index (χ1n) is 10.9. The van der Waals surface area contributed by atoms with Crippen molar-refractivity contribution in [3.8, 4) is 5.75 Å². The Bertz CT molecular complexity index is 1230. The molecule has 9 heteroatoms. The van der Waals surface area contributed by atoms with Crippen LogP contribution in [0.15, 0.2) is 54.6 Å². The summed E-state index contributed by atoms with van der Waals surface area (Å²) in [5.41, 5.74) is 3.13. The second-order valence-corrected chi connectivity index (χ2v) is 8.29. The third kappa shape index (κ3) is 5.09. The number of likely N-dealkylation sites (tertiary alicyclic amines) is 1. The predicted octanol–water partition coefficient (Wildman–Crippen LogP) is 3.31. The zero-order valence-corrected chi connectivity index (χ0v) is 18.6. The number of aromatic nitrogens is 1. The van der Waals surface area contributed by atoms with Gasteiger partial charge in [0, 0.05) is 35.3 Å². The minimum absolute atomic E-state index is 0.0709. The first-order valence-corrected chi connectivity index (χ1v) is 10.9. The molecule has 0 unspecified atom stereocenters. The van der Waals surface area contributed by atoms with E-state index in [1.807, 2.05) is 37.3 Å². The molecule has 2 amide bonds. The number of carboxylic acids is 1. The number of para-hydroxylation sites is 1. The fourth-order valence-electron chi connectivity index (χ4n) is 4.20. The molecule has 3 aromatic rings. The summed E-state index contributed by atoms with van der Waals surface area (Å²) in [6.45, 7) is 2.32. The fraction of sp³-hybridized carbons (Fsp3) is 0.280. The lowest BCUT2D eigenvalue weighted by atomic mass is 9.91. The highest BCUT2D eigenvalue weighted by molar-refractivity contribution is 5.95. The van der Waals surface area contributed by atoms with Gasteiger partial charge in [-0.05, 0) is 49.7 Å². The summed E-state index contributed by atoms with van der Waals surface area (Å²) >= 11 is 0. The van der Waals surface area contributed by atoms with Crippen molar-refractivity contribution in [2.24, 2.45) is 5.92 Å². The van der Waals surface area contributed by atoms with Crippen molar-refractivity contribution in [1.82, 2.24) is 15.2 Å². The van der Waals surface area contributed by atoms with Crippen molar-refractivity contribution in [2.75, 3.05) is 13.1 Å². The van der Waals surface area contributed by atoms with Crippen LogP contribution >= 0.6 is 0 Å². The molecule has 0 spiro atoms. The van der Waals surface area contributed by atoms with E-state index in [0.717, 1.165) is 27.1 Å². The van der Waals surface area contributed by atoms with Crippen molar-refractivity contribution in [3.05, 3.63) is 71.4 Å². The number of carbonyl (C=O) groups is 3. The number of aliphatic carboxylic acids is 1. The second-order valence-electron chi connectivity index (χ2n) is 8.29. The number of carboxylic acid groups (broad SMARTS) is 2. The van der Waals surface area contributed by atoms with Gasteiger partial charge >= 0.3 is 12.1 Å². The van der Waals surface area contributed by atoms with Crippen LogP contribution in [-0.2, 0) is 11.4 Å². The third-order valence-corrected chi connectivity index (χ3v) is 5.96. The Morgan fingerprint density at radius 3 is 2.56 bits per heavy atom. The molecule has 4 rings (SSSR count). The number of benzene rings is 2. The molecular formula is C25H25N3O6. The maximum absolute atomic E-state index is 12.7. The van der Waals surface area contributed by atoms with Crippen LogP contribution in [0.2, 0.25) is 0 Å². The molecular weight excluding hydrogens is 438 g/mol. The normalized spacial score (nSPS) is 17.9. The van der Waals surface area contributed by atoms with Gasteiger partial charge in [0.15, 0.2) is 0 Å². The van der Waals surface area contributed by atoms with E-state index < -0.39 is 29.9 Å². The number of ether oxygens (including phenoxy) is 1. The number of hydrogen-bond donors (Lipinski definition) is 3. The maximum Gasteiger partial charge on any atom is 0.407 e. The highest BCUT2D eigenvalue weighted by Gasteiger charge is 2.36. The third-order valence-electron chi connectivity index (χ3n) is 5.96. The summed E-state index contributed by atoms with van der Waals surface area (Å²) < 4.78 is 5.92. The molecule has 0 radical (unpaired) electrons. The summed E-state index contributed by atoms with van der Waals surface area (Å²) in [7, 11) is 0. The number of carbonyl (C=O) groups excluding carboxylic acids is 1. The summed E-state index contributed by atoms with van der Waals surface area (Å²) in [5.74, 6) is -1.79. The van der Waals surface area contributed by atoms with Gasteiger partial charge in [0.05, 0.1) is 17.5 Å². The lowest BCUT2D eigenvalue weighted by Gasteiger charge is -2.35. The Kier molecular flexibility index (Phi) is 6.62. The van der Waals surface area contributed by atoms with Crippen molar-refractivity contribution >= 4 is 28.9 Å². The van der Waals surface area contributed by atoms with Gasteiger partial charge in [0.2, 0.25) is 0 Å². The van der Waals surface area contributed by atoms with Gasteiger partial charge in [-0.3, -0.25) is 14.6 Å². The summed E-state index contributed by atoms with van der Waals surface area (Å²) in [4.78, 5) is 41.2. The molecule has 0 bridgehead atoms. The van der Waals surface area contributed by atoms with E-state index in [2.05, 4.69) is 10.3 Å². The van der Waals surface area contributed by atoms with Crippen LogP contribution < -0.4 is 10.1 Å². The van der Waals surface area contributed by atoms with Crippen LogP contribution in [-0.4, -0.2) is 57.2 Å². The zero-order valence-electron chi connectivity index (χ0n) is 18.6. The topological polar surface area (TPSA) is 129 Å². The molecule has 1 aromatic heterocycles. The van der Waals surface area contributed by atoms with Gasteiger partial charge in [0.25, 0.3) is 5.91 Å². The van der Waals surface area contributed by atoms with Crippen LogP contribution in [0.5, 0.6) is 5.75 Å². The second kappa shape index (κ2) is 9.78. The van der Waals surface area contributed by atoms with Crippen LogP contribution in [0.4, 0.5) is 4.79 Å². The van der Waals surface area contributed by atoms with Gasteiger partial charge in [-0.15, -0.1) is 0 Å². The highest BCUT2D eigenvalue weighted by Crippen LogP contribution is 2.22. The quantitative estimate of drug-likeness (QED) is 0.511.